The van der Waals surface area contributed by atoms with E-state index in [1.165, 1.54) is 18.3 Å². The zero-order valence-electron chi connectivity index (χ0n) is 11.2. The zero-order chi connectivity index (χ0) is 15.7. The highest BCUT2D eigenvalue weighted by molar-refractivity contribution is 9.10. The minimum atomic E-state index is -3.78. The lowest BCUT2D eigenvalue weighted by Crippen LogP contribution is -2.27. The molecule has 1 heterocycles. The van der Waals surface area contributed by atoms with Crippen molar-refractivity contribution in [1.29, 1.82) is 0 Å². The van der Waals surface area contributed by atoms with Crippen LogP contribution < -0.4 is 9.45 Å². The number of para-hydroxylation sites is 1. The largest absolute Gasteiger partial charge is 0.618 e. The van der Waals surface area contributed by atoms with Crippen LogP contribution in [0.15, 0.2) is 70.2 Å². The number of sulfonamides is 1. The van der Waals surface area contributed by atoms with Gasteiger partial charge in [0.05, 0.1) is 4.90 Å². The number of halogens is 1. The smallest absolute Gasteiger partial charge is 0.262 e. The molecule has 0 bridgehead atoms. The Morgan fingerprint density at radius 2 is 1.77 bits per heavy atom. The Hall–Kier alpha value is -2.12. The summed E-state index contributed by atoms with van der Waals surface area (Å²) in [5.74, 6) is 0. The Balaban J connectivity index is 2.10. The van der Waals surface area contributed by atoms with E-state index in [1.807, 2.05) is 0 Å². The van der Waals surface area contributed by atoms with E-state index in [0.29, 0.717) is 14.6 Å². The number of nitrogens with zero attached hydrogens (tertiary/aromatic N) is 1. The highest BCUT2D eigenvalue weighted by atomic mass is 79.9. The number of pyridine rings is 1. The second-order valence-electron chi connectivity index (χ2n) is 4.64. The lowest BCUT2D eigenvalue weighted by molar-refractivity contribution is -0.576. The van der Waals surface area contributed by atoms with E-state index in [-0.39, 0.29) is 16.1 Å². The Morgan fingerprint density at radius 1 is 1.05 bits per heavy atom. The second-order valence-corrected chi connectivity index (χ2v) is 7.24. The van der Waals surface area contributed by atoms with Crippen LogP contribution in [0.3, 0.4) is 0 Å². The normalized spacial score (nSPS) is 11.5. The summed E-state index contributed by atoms with van der Waals surface area (Å²) < 4.78 is 28.7. The van der Waals surface area contributed by atoms with Crippen LogP contribution in [-0.4, -0.2) is 8.42 Å². The van der Waals surface area contributed by atoms with Crippen LogP contribution in [0, 0.1) is 5.21 Å². The van der Waals surface area contributed by atoms with Crippen molar-refractivity contribution in [2.75, 3.05) is 4.72 Å². The molecule has 1 N–H and O–H groups in total. The van der Waals surface area contributed by atoms with Gasteiger partial charge in [0.1, 0.15) is 5.69 Å². The first-order valence-electron chi connectivity index (χ1n) is 6.37. The van der Waals surface area contributed by atoms with E-state index in [0.717, 1.165) is 0 Å². The van der Waals surface area contributed by atoms with Gasteiger partial charge in [0.15, 0.2) is 6.20 Å². The van der Waals surface area contributed by atoms with Crippen LogP contribution in [-0.2, 0) is 10.0 Å². The fourth-order valence-electron chi connectivity index (χ4n) is 2.16. The van der Waals surface area contributed by atoms with Crippen molar-refractivity contribution < 1.29 is 13.1 Å². The lowest BCUT2D eigenvalue weighted by atomic mass is 10.2. The summed E-state index contributed by atoms with van der Waals surface area (Å²) >= 11 is 3.25. The van der Waals surface area contributed by atoms with Gasteiger partial charge in [0, 0.05) is 15.9 Å². The molecule has 112 valence electrons. The average molecular weight is 379 g/mol. The first-order valence-corrected chi connectivity index (χ1v) is 8.64. The van der Waals surface area contributed by atoms with Crippen molar-refractivity contribution in [2.24, 2.45) is 0 Å². The number of anilines is 1. The summed E-state index contributed by atoms with van der Waals surface area (Å²) in [6.45, 7) is 0. The quantitative estimate of drug-likeness (QED) is 0.562. The number of rotatable bonds is 3. The SMILES string of the molecule is O=S(=O)(Nc1cccc2ccc[n+]([O-])c12)c1cccc(Br)c1. The molecule has 0 saturated carbocycles. The van der Waals surface area contributed by atoms with E-state index in [9.17, 15) is 13.6 Å². The van der Waals surface area contributed by atoms with Gasteiger partial charge < -0.3 is 5.21 Å². The van der Waals surface area contributed by atoms with Crippen LogP contribution in [0.2, 0.25) is 0 Å². The van der Waals surface area contributed by atoms with Gasteiger partial charge in [0.25, 0.3) is 10.0 Å². The fraction of sp³-hybridized carbons (Fsp3) is 0. The van der Waals surface area contributed by atoms with Gasteiger partial charge in [-0.1, -0.05) is 28.1 Å². The molecule has 0 fully saturated rings. The molecule has 0 aliphatic rings. The molecule has 1 aromatic heterocycles. The van der Waals surface area contributed by atoms with E-state index < -0.39 is 10.0 Å². The Labute approximate surface area is 136 Å². The molecule has 0 atom stereocenters. The van der Waals surface area contributed by atoms with Crippen LogP contribution in [0.25, 0.3) is 10.9 Å². The fourth-order valence-corrected chi connectivity index (χ4v) is 3.82. The van der Waals surface area contributed by atoms with E-state index >= 15 is 0 Å². The summed E-state index contributed by atoms with van der Waals surface area (Å²) in [6.07, 6.45) is 1.33. The van der Waals surface area contributed by atoms with Gasteiger partial charge in [-0.15, -0.1) is 0 Å². The maximum Gasteiger partial charge on any atom is 0.262 e. The topological polar surface area (TPSA) is 73.1 Å². The Bertz CT molecular complexity index is 953. The van der Waals surface area contributed by atoms with Gasteiger partial charge in [-0.3, -0.25) is 4.72 Å². The van der Waals surface area contributed by atoms with E-state index in [1.54, 1.807) is 42.5 Å². The molecule has 0 amide bonds. The minimum Gasteiger partial charge on any atom is -0.618 e. The Kier molecular flexibility index (Phi) is 3.76. The summed E-state index contributed by atoms with van der Waals surface area (Å²) in [7, 11) is -3.78. The van der Waals surface area contributed by atoms with Crippen molar-refractivity contribution in [3.8, 4) is 0 Å². The van der Waals surface area contributed by atoms with E-state index in [2.05, 4.69) is 20.7 Å². The number of hydrogen-bond acceptors (Lipinski definition) is 3. The van der Waals surface area contributed by atoms with Crippen molar-refractivity contribution >= 4 is 42.5 Å². The standard InChI is InChI=1S/C15H11BrN2O3S/c16-12-6-2-7-13(10-12)22(20,21)17-14-8-1-4-11-5-3-9-18(19)15(11)14/h1-10,17H. The highest BCUT2D eigenvalue weighted by Gasteiger charge is 2.18. The molecule has 0 aliphatic carbocycles. The van der Waals surface area contributed by atoms with Gasteiger partial charge >= 0.3 is 0 Å². The summed E-state index contributed by atoms with van der Waals surface area (Å²) in [6, 6.07) is 14.7. The predicted octanol–water partition coefficient (Wildman–Crippen LogP) is 3.04. The molecule has 3 rings (SSSR count). The second kappa shape index (κ2) is 5.58. The molecule has 0 radical (unpaired) electrons. The van der Waals surface area contributed by atoms with Gasteiger partial charge in [0.2, 0.25) is 5.52 Å². The molecular formula is C15H11BrN2O3S. The number of hydrogen-bond donors (Lipinski definition) is 1. The molecule has 0 unspecified atom stereocenters. The third-order valence-corrected chi connectivity index (χ3v) is 4.99. The minimum absolute atomic E-state index is 0.118. The van der Waals surface area contributed by atoms with Gasteiger partial charge in [-0.2, -0.15) is 4.73 Å². The van der Waals surface area contributed by atoms with Crippen molar-refractivity contribution in [3.63, 3.8) is 0 Å². The van der Waals surface area contributed by atoms with Crippen LogP contribution in [0.1, 0.15) is 0 Å². The number of fused-ring (bicyclic) bond motifs is 1. The first-order chi connectivity index (χ1) is 10.5. The monoisotopic (exact) mass is 378 g/mol. The number of nitrogens with one attached hydrogen (secondary N) is 1. The molecular weight excluding hydrogens is 368 g/mol. The maximum absolute atomic E-state index is 12.5. The van der Waals surface area contributed by atoms with Gasteiger partial charge in [-0.25, -0.2) is 8.42 Å². The Morgan fingerprint density at radius 3 is 2.55 bits per heavy atom. The number of aromatic nitrogens is 1. The van der Waals surface area contributed by atoms with Crippen LogP contribution in [0.5, 0.6) is 0 Å². The summed E-state index contributed by atoms with van der Waals surface area (Å²) in [5, 5.41) is 12.6. The molecule has 2 aromatic carbocycles. The molecule has 0 spiro atoms. The van der Waals surface area contributed by atoms with Crippen molar-refractivity contribution in [1.82, 2.24) is 0 Å². The molecule has 5 nitrogen and oxygen atoms in total. The average Bonchev–Trinajstić information content (AvgIpc) is 2.47. The lowest BCUT2D eigenvalue weighted by Gasteiger charge is -2.10. The molecule has 0 saturated heterocycles. The molecule has 22 heavy (non-hydrogen) atoms. The van der Waals surface area contributed by atoms with Crippen LogP contribution in [0.4, 0.5) is 5.69 Å². The van der Waals surface area contributed by atoms with E-state index in [4.69, 9.17) is 0 Å². The zero-order valence-corrected chi connectivity index (χ0v) is 13.6. The third kappa shape index (κ3) is 2.77. The molecule has 0 aliphatic heterocycles. The summed E-state index contributed by atoms with van der Waals surface area (Å²) in [4.78, 5) is 0.118. The van der Waals surface area contributed by atoms with Crippen molar-refractivity contribution in [3.05, 3.63) is 70.5 Å². The third-order valence-electron chi connectivity index (χ3n) is 3.14. The van der Waals surface area contributed by atoms with Gasteiger partial charge in [-0.05, 0) is 36.4 Å². The molecule has 7 heteroatoms. The van der Waals surface area contributed by atoms with Crippen molar-refractivity contribution in [2.45, 2.75) is 4.90 Å². The molecule has 3 aromatic rings. The predicted molar refractivity (Wildman–Crippen MR) is 87.9 cm³/mol. The summed E-state index contributed by atoms with van der Waals surface area (Å²) in [5.41, 5.74) is 0.525. The number of benzene rings is 2. The highest BCUT2D eigenvalue weighted by Crippen LogP contribution is 2.24. The van der Waals surface area contributed by atoms with Crippen LogP contribution >= 0.6 is 15.9 Å². The first kappa shape index (κ1) is 14.8. The maximum atomic E-state index is 12.5.